The first-order valence-electron chi connectivity index (χ1n) is 7.97. The number of amides is 1. The van der Waals surface area contributed by atoms with Gasteiger partial charge in [0.15, 0.2) is 0 Å². The Morgan fingerprint density at radius 1 is 1.18 bits per heavy atom. The maximum Gasteiger partial charge on any atom is 0.416 e. The molecule has 5 nitrogen and oxygen atoms in total. The predicted molar refractivity (Wildman–Crippen MR) is 101 cm³/mol. The second-order valence-corrected chi connectivity index (χ2v) is 7.07. The van der Waals surface area contributed by atoms with Crippen LogP contribution in [0.25, 0.3) is 11.5 Å². The lowest BCUT2D eigenvalue weighted by Crippen LogP contribution is -2.12. The highest BCUT2D eigenvalue weighted by molar-refractivity contribution is 9.10. The highest BCUT2D eigenvalue weighted by Crippen LogP contribution is 2.32. The van der Waals surface area contributed by atoms with Crippen molar-refractivity contribution >= 4 is 39.1 Å². The van der Waals surface area contributed by atoms with Crippen molar-refractivity contribution in [3.8, 4) is 11.5 Å². The van der Waals surface area contributed by atoms with Crippen LogP contribution in [0.2, 0.25) is 5.02 Å². The Labute approximate surface area is 171 Å². The van der Waals surface area contributed by atoms with Crippen LogP contribution in [0.5, 0.6) is 0 Å². The molecule has 0 saturated carbocycles. The second-order valence-electron chi connectivity index (χ2n) is 5.75. The summed E-state index contributed by atoms with van der Waals surface area (Å²) < 4.78 is 44.6. The van der Waals surface area contributed by atoms with E-state index < -0.39 is 11.7 Å². The number of aromatic nitrogens is 2. The van der Waals surface area contributed by atoms with Crippen LogP contribution in [-0.2, 0) is 17.4 Å². The normalized spacial score (nSPS) is 11.5. The summed E-state index contributed by atoms with van der Waals surface area (Å²) in [6.45, 7) is 0. The maximum absolute atomic E-state index is 12.8. The third-order valence-electron chi connectivity index (χ3n) is 3.67. The summed E-state index contributed by atoms with van der Waals surface area (Å²) in [5.41, 5.74) is -0.194. The molecule has 0 unspecified atom stereocenters. The van der Waals surface area contributed by atoms with E-state index in [0.29, 0.717) is 10.7 Å². The van der Waals surface area contributed by atoms with Crippen molar-refractivity contribution in [2.24, 2.45) is 0 Å². The molecule has 10 heteroatoms. The smallest absolute Gasteiger partial charge is 0.416 e. The number of carbonyl (C=O) groups is 1. The number of aryl methyl sites for hydroxylation is 1. The average Bonchev–Trinajstić information content (AvgIpc) is 3.11. The lowest BCUT2D eigenvalue weighted by atomic mass is 10.1. The van der Waals surface area contributed by atoms with Crippen molar-refractivity contribution in [2.45, 2.75) is 19.0 Å². The van der Waals surface area contributed by atoms with E-state index in [0.717, 1.165) is 16.6 Å². The molecule has 0 aliphatic carbocycles. The van der Waals surface area contributed by atoms with Crippen LogP contribution in [0, 0.1) is 0 Å². The fraction of sp³-hybridized carbons (Fsp3) is 0.167. The molecule has 0 atom stereocenters. The van der Waals surface area contributed by atoms with Gasteiger partial charge in [0.2, 0.25) is 17.7 Å². The lowest BCUT2D eigenvalue weighted by Gasteiger charge is -2.07. The van der Waals surface area contributed by atoms with Crippen molar-refractivity contribution in [3.63, 3.8) is 0 Å². The molecule has 1 aromatic heterocycles. The van der Waals surface area contributed by atoms with Gasteiger partial charge >= 0.3 is 6.18 Å². The molecule has 0 radical (unpaired) electrons. The Balaban J connectivity index is 1.63. The standard InChI is InChI=1S/C18H12BrClF3N3O2/c19-12-4-5-14(13(20)9-12)24-15(27)6-7-16-25-26-17(28-16)10-2-1-3-11(8-10)18(21,22)23/h1-5,8-9H,6-7H2,(H,24,27). The molecule has 3 aromatic rings. The van der Waals surface area contributed by atoms with E-state index >= 15 is 0 Å². The zero-order chi connectivity index (χ0) is 20.3. The fourth-order valence-corrected chi connectivity index (χ4v) is 3.04. The topological polar surface area (TPSA) is 68.0 Å². The van der Waals surface area contributed by atoms with Crippen LogP contribution in [0.1, 0.15) is 17.9 Å². The van der Waals surface area contributed by atoms with Crippen molar-refractivity contribution in [1.82, 2.24) is 10.2 Å². The molecule has 0 aliphatic rings. The van der Waals surface area contributed by atoms with Crippen LogP contribution in [-0.4, -0.2) is 16.1 Å². The largest absolute Gasteiger partial charge is 0.421 e. The first kappa shape index (κ1) is 20.3. The van der Waals surface area contributed by atoms with Gasteiger partial charge in [-0.05, 0) is 36.4 Å². The highest BCUT2D eigenvalue weighted by Gasteiger charge is 2.30. The molecule has 0 aliphatic heterocycles. The Kier molecular flexibility index (Phi) is 6.04. The Morgan fingerprint density at radius 3 is 2.68 bits per heavy atom. The quantitative estimate of drug-likeness (QED) is 0.512. The molecule has 0 fully saturated rings. The van der Waals surface area contributed by atoms with Gasteiger partial charge in [-0.3, -0.25) is 4.79 Å². The van der Waals surface area contributed by atoms with Crippen molar-refractivity contribution in [3.05, 3.63) is 63.4 Å². The number of rotatable bonds is 5. The van der Waals surface area contributed by atoms with E-state index in [2.05, 4.69) is 31.4 Å². The van der Waals surface area contributed by atoms with Crippen LogP contribution in [0.3, 0.4) is 0 Å². The summed E-state index contributed by atoms with van der Waals surface area (Å²) in [6, 6.07) is 9.63. The van der Waals surface area contributed by atoms with Gasteiger partial charge in [0.1, 0.15) is 0 Å². The Hall–Kier alpha value is -2.39. The fourth-order valence-electron chi connectivity index (χ4n) is 2.32. The molecule has 1 amide bonds. The number of alkyl halides is 3. The number of anilines is 1. The van der Waals surface area contributed by atoms with E-state index in [-0.39, 0.29) is 36.1 Å². The molecule has 146 valence electrons. The van der Waals surface area contributed by atoms with Gasteiger partial charge in [0, 0.05) is 22.9 Å². The molecule has 0 saturated heterocycles. The second kappa shape index (κ2) is 8.32. The molecule has 0 bridgehead atoms. The lowest BCUT2D eigenvalue weighted by molar-refractivity contribution is -0.137. The molecular formula is C18H12BrClF3N3O2. The van der Waals surface area contributed by atoms with Crippen LogP contribution >= 0.6 is 27.5 Å². The van der Waals surface area contributed by atoms with Gasteiger partial charge in [0.25, 0.3) is 0 Å². The van der Waals surface area contributed by atoms with Gasteiger partial charge in [-0.1, -0.05) is 33.6 Å². The third kappa shape index (κ3) is 5.11. The summed E-state index contributed by atoms with van der Waals surface area (Å²) in [6.07, 6.45) is -4.30. The van der Waals surface area contributed by atoms with Crippen LogP contribution in [0.15, 0.2) is 51.4 Å². The molecular weight excluding hydrogens is 463 g/mol. The molecule has 0 spiro atoms. The number of hydrogen-bond donors (Lipinski definition) is 1. The van der Waals surface area contributed by atoms with Crippen LogP contribution in [0.4, 0.5) is 18.9 Å². The number of nitrogens with zero attached hydrogens (tertiary/aromatic N) is 2. The number of halogens is 5. The minimum Gasteiger partial charge on any atom is -0.421 e. The van der Waals surface area contributed by atoms with E-state index in [1.165, 1.54) is 12.1 Å². The first-order valence-corrected chi connectivity index (χ1v) is 9.14. The van der Waals surface area contributed by atoms with Gasteiger partial charge in [-0.15, -0.1) is 10.2 Å². The first-order chi connectivity index (χ1) is 13.2. The molecule has 1 heterocycles. The van der Waals surface area contributed by atoms with Gasteiger partial charge < -0.3 is 9.73 Å². The Bertz CT molecular complexity index is 1010. The number of carbonyl (C=O) groups excluding carboxylic acids is 1. The van der Waals surface area contributed by atoms with E-state index in [9.17, 15) is 18.0 Å². The third-order valence-corrected chi connectivity index (χ3v) is 4.48. The minimum atomic E-state index is -4.47. The van der Waals surface area contributed by atoms with Gasteiger partial charge in [0.05, 0.1) is 16.3 Å². The average molecular weight is 475 g/mol. The maximum atomic E-state index is 12.8. The zero-order valence-corrected chi connectivity index (χ0v) is 16.4. The molecule has 2 aromatic carbocycles. The van der Waals surface area contributed by atoms with Gasteiger partial charge in [-0.2, -0.15) is 13.2 Å². The Morgan fingerprint density at radius 2 is 1.96 bits per heavy atom. The van der Waals surface area contributed by atoms with Gasteiger partial charge in [-0.25, -0.2) is 0 Å². The SMILES string of the molecule is O=C(CCc1nnc(-c2cccc(C(F)(F)F)c2)o1)Nc1ccc(Br)cc1Cl. The molecule has 3 rings (SSSR count). The summed E-state index contributed by atoms with van der Waals surface area (Å²) in [7, 11) is 0. The monoisotopic (exact) mass is 473 g/mol. The highest BCUT2D eigenvalue weighted by atomic mass is 79.9. The predicted octanol–water partition coefficient (Wildman–Crippen LogP) is 5.74. The zero-order valence-electron chi connectivity index (χ0n) is 14.1. The van der Waals surface area contributed by atoms with Crippen molar-refractivity contribution < 1.29 is 22.4 Å². The van der Waals surface area contributed by atoms with Crippen molar-refractivity contribution in [1.29, 1.82) is 0 Å². The van der Waals surface area contributed by atoms with E-state index in [4.69, 9.17) is 16.0 Å². The summed E-state index contributed by atoms with van der Waals surface area (Å²) in [4.78, 5) is 12.1. The summed E-state index contributed by atoms with van der Waals surface area (Å²) in [5.74, 6) is -0.218. The number of benzene rings is 2. The minimum absolute atomic E-state index is 0.0383. The summed E-state index contributed by atoms with van der Waals surface area (Å²) in [5, 5.41) is 10.6. The summed E-state index contributed by atoms with van der Waals surface area (Å²) >= 11 is 9.31. The number of nitrogens with one attached hydrogen (secondary N) is 1. The van der Waals surface area contributed by atoms with E-state index in [1.54, 1.807) is 18.2 Å². The van der Waals surface area contributed by atoms with E-state index in [1.807, 2.05) is 0 Å². The molecule has 1 N–H and O–H groups in total. The number of hydrogen-bond acceptors (Lipinski definition) is 4. The van der Waals surface area contributed by atoms with Crippen LogP contribution < -0.4 is 5.32 Å². The molecule has 28 heavy (non-hydrogen) atoms. The van der Waals surface area contributed by atoms with Crippen molar-refractivity contribution in [2.75, 3.05) is 5.32 Å².